The molecule has 0 heterocycles. The van der Waals surface area contributed by atoms with Crippen LogP contribution in [-0.4, -0.2) is 34.2 Å². The van der Waals surface area contributed by atoms with E-state index in [1.165, 1.54) is 0 Å². The molecular weight excluding hydrogens is 412 g/mol. The van der Waals surface area contributed by atoms with E-state index in [4.69, 9.17) is 4.74 Å². The number of amides is 1. The van der Waals surface area contributed by atoms with Gasteiger partial charge in [0.15, 0.2) is 0 Å². The number of aryl methyl sites for hydroxylation is 3. The molecule has 2 aromatic rings. The predicted octanol–water partition coefficient (Wildman–Crippen LogP) is 4.39. The average molecular weight is 447 g/mol. The Morgan fingerprint density at radius 1 is 1.00 bits per heavy atom. The molecule has 170 valence electrons. The van der Waals surface area contributed by atoms with E-state index in [0.29, 0.717) is 5.69 Å². The van der Waals surface area contributed by atoms with Gasteiger partial charge in [0.1, 0.15) is 12.3 Å². The van der Waals surface area contributed by atoms with E-state index in [0.717, 1.165) is 44.1 Å². The van der Waals surface area contributed by atoms with Gasteiger partial charge in [-0.15, -0.1) is 0 Å². The molecule has 0 unspecified atom stereocenters. The number of carbonyl (C=O) groups excluding carboxylic acids is 1. The lowest BCUT2D eigenvalue weighted by atomic mass is 9.93. The van der Waals surface area contributed by atoms with Crippen LogP contribution in [0.5, 0.6) is 5.75 Å². The molecule has 0 aliphatic rings. The second kappa shape index (κ2) is 9.73. The minimum absolute atomic E-state index is 0.266. The molecule has 0 saturated carbocycles. The lowest BCUT2D eigenvalue weighted by Crippen LogP contribution is -2.41. The minimum Gasteiger partial charge on any atom is -0.496 e. The molecule has 0 bridgehead atoms. The van der Waals surface area contributed by atoms with E-state index >= 15 is 0 Å². The molecule has 0 aliphatic heterocycles. The summed E-state index contributed by atoms with van der Waals surface area (Å²) in [4.78, 5) is 12.8. The number of benzene rings is 2. The largest absolute Gasteiger partial charge is 0.496 e. The van der Waals surface area contributed by atoms with Crippen molar-refractivity contribution in [1.82, 2.24) is 5.32 Å². The molecule has 0 aromatic heterocycles. The van der Waals surface area contributed by atoms with Crippen LogP contribution in [0, 0.1) is 20.8 Å². The maximum absolute atomic E-state index is 12.8. The van der Waals surface area contributed by atoms with Gasteiger partial charge in [-0.1, -0.05) is 19.9 Å². The van der Waals surface area contributed by atoms with Crippen molar-refractivity contribution in [2.75, 3.05) is 24.2 Å². The Bertz CT molecular complexity index is 1040. The Hall–Kier alpha value is -2.54. The topological polar surface area (TPSA) is 75.7 Å². The van der Waals surface area contributed by atoms with Crippen LogP contribution in [0.15, 0.2) is 30.3 Å². The van der Waals surface area contributed by atoms with Gasteiger partial charge in [-0.2, -0.15) is 0 Å². The van der Waals surface area contributed by atoms with Crippen molar-refractivity contribution in [2.45, 2.75) is 53.5 Å². The number of hydrogen-bond donors (Lipinski definition) is 1. The molecular formula is C24H34N2O4S. The van der Waals surface area contributed by atoms with Crippen LogP contribution < -0.4 is 14.4 Å². The molecule has 0 saturated heterocycles. The molecule has 7 heteroatoms. The monoisotopic (exact) mass is 446 g/mol. The summed E-state index contributed by atoms with van der Waals surface area (Å²) in [7, 11) is -1.98. The van der Waals surface area contributed by atoms with Gasteiger partial charge in [-0.3, -0.25) is 9.10 Å². The quantitative estimate of drug-likeness (QED) is 0.653. The Kier molecular flexibility index (Phi) is 7.76. The van der Waals surface area contributed by atoms with Crippen LogP contribution >= 0.6 is 0 Å². The van der Waals surface area contributed by atoms with Crippen molar-refractivity contribution >= 4 is 21.6 Å². The van der Waals surface area contributed by atoms with E-state index in [-0.39, 0.29) is 24.4 Å². The van der Waals surface area contributed by atoms with Crippen LogP contribution in [-0.2, 0) is 14.8 Å². The molecule has 31 heavy (non-hydrogen) atoms. The average Bonchev–Trinajstić information content (AvgIpc) is 2.63. The van der Waals surface area contributed by atoms with Gasteiger partial charge in [0.05, 0.1) is 25.1 Å². The van der Waals surface area contributed by atoms with Crippen LogP contribution in [0.2, 0.25) is 0 Å². The SMILES string of the molecule is COc1cc(C)c([C@@H](C)NC(=O)CN(c2cc(C)cc(C)c2)S(C)(=O)=O)cc1C(C)C. The van der Waals surface area contributed by atoms with E-state index in [2.05, 4.69) is 25.2 Å². The summed E-state index contributed by atoms with van der Waals surface area (Å²) in [5, 5.41) is 2.96. The summed E-state index contributed by atoms with van der Waals surface area (Å²) in [6.45, 7) is 11.6. The van der Waals surface area contributed by atoms with Crippen molar-refractivity contribution in [2.24, 2.45) is 0 Å². The van der Waals surface area contributed by atoms with Crippen molar-refractivity contribution in [3.8, 4) is 5.75 Å². The maximum atomic E-state index is 12.8. The molecule has 0 aliphatic carbocycles. The van der Waals surface area contributed by atoms with Crippen molar-refractivity contribution in [3.05, 3.63) is 58.1 Å². The number of nitrogens with zero attached hydrogens (tertiary/aromatic N) is 1. The fraction of sp³-hybridized carbons (Fsp3) is 0.458. The Morgan fingerprint density at radius 2 is 1.58 bits per heavy atom. The van der Waals surface area contributed by atoms with E-state index < -0.39 is 10.0 Å². The molecule has 0 radical (unpaired) electrons. The predicted molar refractivity (Wildman–Crippen MR) is 126 cm³/mol. The third-order valence-corrected chi connectivity index (χ3v) is 6.41. The number of hydrogen-bond acceptors (Lipinski definition) is 4. The zero-order valence-electron chi connectivity index (χ0n) is 19.7. The smallest absolute Gasteiger partial charge is 0.241 e. The van der Waals surface area contributed by atoms with Crippen molar-refractivity contribution < 1.29 is 17.9 Å². The highest BCUT2D eigenvalue weighted by atomic mass is 32.2. The zero-order valence-corrected chi connectivity index (χ0v) is 20.6. The highest BCUT2D eigenvalue weighted by Gasteiger charge is 2.23. The standard InChI is InChI=1S/C24H34N2O4S/c1-15(2)21-13-22(18(5)12-23(21)30-7)19(6)25-24(27)14-26(31(8,28)29)20-10-16(3)9-17(4)11-20/h9-13,15,19H,14H2,1-8H3,(H,25,27)/t19-/m1/s1. The summed E-state index contributed by atoms with van der Waals surface area (Å²) in [6, 6.07) is 9.26. The number of anilines is 1. The van der Waals surface area contributed by atoms with Crippen LogP contribution in [0.1, 0.15) is 60.5 Å². The first-order chi connectivity index (χ1) is 14.3. The van der Waals surface area contributed by atoms with Crippen molar-refractivity contribution in [3.63, 3.8) is 0 Å². The first-order valence-corrected chi connectivity index (χ1v) is 12.2. The summed E-state index contributed by atoms with van der Waals surface area (Å²) >= 11 is 0. The second-order valence-electron chi connectivity index (χ2n) is 8.51. The van der Waals surface area contributed by atoms with Crippen LogP contribution in [0.3, 0.4) is 0 Å². The van der Waals surface area contributed by atoms with Gasteiger partial charge in [-0.25, -0.2) is 8.42 Å². The molecule has 1 amide bonds. The summed E-state index contributed by atoms with van der Waals surface area (Å²) < 4.78 is 31.5. The number of rotatable bonds is 8. The van der Waals surface area contributed by atoms with Gasteiger partial charge in [0, 0.05) is 0 Å². The molecule has 1 N–H and O–H groups in total. The van der Waals surface area contributed by atoms with Gasteiger partial charge < -0.3 is 10.1 Å². The van der Waals surface area contributed by atoms with Gasteiger partial charge in [-0.05, 0) is 85.7 Å². The summed E-state index contributed by atoms with van der Waals surface area (Å²) in [5.41, 5.74) is 5.42. The van der Waals surface area contributed by atoms with Crippen LogP contribution in [0.25, 0.3) is 0 Å². The summed E-state index contributed by atoms with van der Waals surface area (Å²) in [5.74, 6) is 0.730. The molecule has 0 spiro atoms. The third kappa shape index (κ3) is 6.23. The lowest BCUT2D eigenvalue weighted by molar-refractivity contribution is -0.120. The number of ether oxygens (including phenoxy) is 1. The first-order valence-electron chi connectivity index (χ1n) is 10.4. The molecule has 2 aromatic carbocycles. The van der Waals surface area contributed by atoms with E-state index in [1.807, 2.05) is 39.8 Å². The van der Waals surface area contributed by atoms with E-state index in [1.54, 1.807) is 19.2 Å². The van der Waals surface area contributed by atoms with Gasteiger partial charge in [0.2, 0.25) is 15.9 Å². The van der Waals surface area contributed by atoms with Gasteiger partial charge >= 0.3 is 0 Å². The Morgan fingerprint density at radius 3 is 2.06 bits per heavy atom. The highest BCUT2D eigenvalue weighted by molar-refractivity contribution is 7.92. The van der Waals surface area contributed by atoms with Crippen LogP contribution in [0.4, 0.5) is 5.69 Å². The highest BCUT2D eigenvalue weighted by Crippen LogP contribution is 2.32. The fourth-order valence-corrected chi connectivity index (χ4v) is 4.64. The first kappa shape index (κ1) is 24.7. The third-order valence-electron chi connectivity index (χ3n) is 5.27. The fourth-order valence-electron chi connectivity index (χ4n) is 3.80. The van der Waals surface area contributed by atoms with E-state index in [9.17, 15) is 13.2 Å². The Labute approximate surface area is 186 Å². The maximum Gasteiger partial charge on any atom is 0.241 e. The molecule has 1 atom stereocenters. The second-order valence-corrected chi connectivity index (χ2v) is 10.4. The van der Waals surface area contributed by atoms with Crippen molar-refractivity contribution in [1.29, 1.82) is 0 Å². The molecule has 0 fully saturated rings. The normalized spacial score (nSPS) is 12.5. The molecule has 2 rings (SSSR count). The Balaban J connectivity index is 2.28. The minimum atomic E-state index is -3.63. The lowest BCUT2D eigenvalue weighted by Gasteiger charge is -2.25. The number of carbonyl (C=O) groups is 1. The zero-order chi connectivity index (χ0) is 23.5. The van der Waals surface area contributed by atoms with Gasteiger partial charge in [0.25, 0.3) is 0 Å². The number of sulfonamides is 1. The molecule has 6 nitrogen and oxygen atoms in total. The number of methoxy groups -OCH3 is 1. The number of nitrogens with one attached hydrogen (secondary N) is 1. The summed E-state index contributed by atoms with van der Waals surface area (Å²) in [6.07, 6.45) is 1.11.